The van der Waals surface area contributed by atoms with Gasteiger partial charge in [-0.2, -0.15) is 11.8 Å². The van der Waals surface area contributed by atoms with Crippen LogP contribution in [0.25, 0.3) is 0 Å². The number of phenols is 2. The SMILES string of the molecule is Cc1c(O)cc(O)c2c1C(=O)OC[C@H](NC(=O)OC(C)(C)C)C(=O)NCCSC2. The standard InChI is InChI=1S/C19H26N2O7S/c1-10-13(22)7-14(23)11-9-29-6-5-20-16(24)12(8-27-17(25)15(10)11)21-18(26)28-19(2,3)4/h7,12,22-23H,5-6,8-9H2,1-4H3,(H,20,24)(H,21,26)/t12-/m0/s1. The molecule has 0 saturated carbocycles. The molecular formula is C19H26N2O7S. The van der Waals surface area contributed by atoms with Crippen molar-refractivity contribution >= 4 is 29.7 Å². The van der Waals surface area contributed by atoms with Gasteiger partial charge in [0, 0.05) is 35.2 Å². The quantitative estimate of drug-likeness (QED) is 0.500. The molecule has 1 heterocycles. The van der Waals surface area contributed by atoms with Crippen LogP contribution < -0.4 is 10.6 Å². The van der Waals surface area contributed by atoms with E-state index in [1.54, 1.807) is 20.8 Å². The van der Waals surface area contributed by atoms with E-state index >= 15 is 0 Å². The number of nitrogens with one attached hydrogen (secondary N) is 2. The maximum Gasteiger partial charge on any atom is 0.408 e. The van der Waals surface area contributed by atoms with E-state index in [4.69, 9.17) is 9.47 Å². The third kappa shape index (κ3) is 6.18. The predicted octanol–water partition coefficient (Wildman–Crippen LogP) is 1.82. The van der Waals surface area contributed by atoms with E-state index in [1.807, 2.05) is 0 Å². The second-order valence-corrected chi connectivity index (χ2v) is 8.64. The highest BCUT2D eigenvalue weighted by Crippen LogP contribution is 2.34. The summed E-state index contributed by atoms with van der Waals surface area (Å²) in [6.45, 7) is 6.47. The normalized spacial score (nSPS) is 18.4. The van der Waals surface area contributed by atoms with E-state index in [0.29, 0.717) is 23.6 Å². The Morgan fingerprint density at radius 3 is 2.66 bits per heavy atom. The zero-order chi connectivity index (χ0) is 21.8. The summed E-state index contributed by atoms with van der Waals surface area (Å²) >= 11 is 1.39. The van der Waals surface area contributed by atoms with Gasteiger partial charge in [0.1, 0.15) is 29.7 Å². The number of aromatic hydroxyl groups is 2. The first-order chi connectivity index (χ1) is 13.5. The Hall–Kier alpha value is -2.62. The van der Waals surface area contributed by atoms with Crippen LogP contribution in [0.5, 0.6) is 11.5 Å². The number of fused-ring (bicyclic) bond motifs is 1. The third-order valence-corrected chi connectivity index (χ3v) is 5.01. The topological polar surface area (TPSA) is 134 Å². The van der Waals surface area contributed by atoms with Crippen molar-refractivity contribution in [1.82, 2.24) is 10.6 Å². The van der Waals surface area contributed by atoms with Crippen LogP contribution in [-0.2, 0) is 20.0 Å². The molecule has 0 aromatic heterocycles. The minimum Gasteiger partial charge on any atom is -0.508 e. The number of hydrogen-bond acceptors (Lipinski definition) is 8. The lowest BCUT2D eigenvalue weighted by Gasteiger charge is -2.24. The molecule has 0 radical (unpaired) electrons. The lowest BCUT2D eigenvalue weighted by Crippen LogP contribution is -2.51. The maximum atomic E-state index is 12.7. The number of carbonyl (C=O) groups is 3. The number of alkyl carbamates (subject to hydrolysis) is 1. The number of carbonyl (C=O) groups excluding carboxylic acids is 3. The van der Waals surface area contributed by atoms with Crippen molar-refractivity contribution in [3.05, 3.63) is 22.8 Å². The molecule has 9 nitrogen and oxygen atoms in total. The fourth-order valence-electron chi connectivity index (χ4n) is 2.64. The molecule has 1 aromatic carbocycles. The molecule has 0 bridgehead atoms. The number of benzene rings is 1. The number of esters is 1. The third-order valence-electron chi connectivity index (χ3n) is 4.03. The highest BCUT2D eigenvalue weighted by Gasteiger charge is 2.28. The molecular weight excluding hydrogens is 400 g/mol. The lowest BCUT2D eigenvalue weighted by molar-refractivity contribution is -0.124. The highest BCUT2D eigenvalue weighted by molar-refractivity contribution is 7.98. The van der Waals surface area contributed by atoms with Crippen molar-refractivity contribution in [2.75, 3.05) is 18.9 Å². The molecule has 2 rings (SSSR count). The second kappa shape index (κ2) is 9.25. The van der Waals surface area contributed by atoms with Crippen molar-refractivity contribution in [2.24, 2.45) is 0 Å². The summed E-state index contributed by atoms with van der Waals surface area (Å²) in [6.07, 6.45) is -0.818. The summed E-state index contributed by atoms with van der Waals surface area (Å²) in [5, 5.41) is 25.2. The average molecular weight is 426 g/mol. The molecule has 1 aromatic rings. The number of hydrogen-bond donors (Lipinski definition) is 4. The summed E-state index contributed by atoms with van der Waals surface area (Å²) in [5.41, 5.74) is -0.0999. The van der Waals surface area contributed by atoms with Gasteiger partial charge in [-0.3, -0.25) is 4.79 Å². The molecule has 0 unspecified atom stereocenters. The number of thioether (sulfide) groups is 1. The number of amides is 2. The smallest absolute Gasteiger partial charge is 0.408 e. The van der Waals surface area contributed by atoms with E-state index in [1.165, 1.54) is 24.8 Å². The van der Waals surface area contributed by atoms with Gasteiger partial charge in [0.2, 0.25) is 5.91 Å². The Kier molecular flexibility index (Phi) is 7.23. The van der Waals surface area contributed by atoms with Gasteiger partial charge in [-0.25, -0.2) is 9.59 Å². The van der Waals surface area contributed by atoms with Gasteiger partial charge in [-0.05, 0) is 27.7 Å². The Morgan fingerprint density at radius 1 is 1.31 bits per heavy atom. The minimum absolute atomic E-state index is 0.0481. The van der Waals surface area contributed by atoms with E-state index in [9.17, 15) is 24.6 Å². The lowest BCUT2D eigenvalue weighted by atomic mass is 10.0. The van der Waals surface area contributed by atoms with Gasteiger partial charge in [0.05, 0.1) is 5.56 Å². The van der Waals surface area contributed by atoms with Crippen LogP contribution in [0.1, 0.15) is 42.3 Å². The van der Waals surface area contributed by atoms with Crippen LogP contribution in [0, 0.1) is 6.92 Å². The maximum absolute atomic E-state index is 12.7. The van der Waals surface area contributed by atoms with Crippen LogP contribution in [0.3, 0.4) is 0 Å². The number of rotatable bonds is 1. The van der Waals surface area contributed by atoms with Crippen molar-refractivity contribution in [2.45, 2.75) is 45.1 Å². The minimum atomic E-state index is -1.16. The van der Waals surface area contributed by atoms with Gasteiger partial charge in [-0.15, -0.1) is 0 Å². The van der Waals surface area contributed by atoms with Crippen molar-refractivity contribution in [1.29, 1.82) is 0 Å². The van der Waals surface area contributed by atoms with Crippen molar-refractivity contribution in [3.63, 3.8) is 0 Å². The number of phenolic OH excluding ortho intramolecular Hbond substituents is 2. The van der Waals surface area contributed by atoms with Crippen LogP contribution in [0.2, 0.25) is 0 Å². The molecule has 0 saturated heterocycles. The van der Waals surface area contributed by atoms with E-state index in [0.717, 1.165) is 0 Å². The molecule has 29 heavy (non-hydrogen) atoms. The first-order valence-electron chi connectivity index (χ1n) is 9.06. The van der Waals surface area contributed by atoms with Crippen LogP contribution in [0.4, 0.5) is 4.79 Å². The number of cyclic esters (lactones) is 1. The van der Waals surface area contributed by atoms with Crippen LogP contribution in [-0.4, -0.2) is 58.7 Å². The monoisotopic (exact) mass is 426 g/mol. The summed E-state index contributed by atoms with van der Waals surface area (Å²) in [7, 11) is 0. The molecule has 160 valence electrons. The van der Waals surface area contributed by atoms with Gasteiger partial charge in [0.15, 0.2) is 0 Å². The van der Waals surface area contributed by atoms with Gasteiger partial charge >= 0.3 is 12.1 Å². The van der Waals surface area contributed by atoms with Crippen LogP contribution in [0.15, 0.2) is 6.07 Å². The molecule has 10 heteroatoms. The molecule has 1 aliphatic rings. The fourth-order valence-corrected chi connectivity index (χ4v) is 3.52. The molecule has 1 aliphatic heterocycles. The largest absolute Gasteiger partial charge is 0.508 e. The second-order valence-electron chi connectivity index (χ2n) is 7.53. The Morgan fingerprint density at radius 2 is 2.00 bits per heavy atom. The summed E-state index contributed by atoms with van der Waals surface area (Å²) in [5.74, 6) is -0.964. The van der Waals surface area contributed by atoms with E-state index in [-0.39, 0.29) is 22.6 Å². The highest BCUT2D eigenvalue weighted by atomic mass is 32.2. The summed E-state index contributed by atoms with van der Waals surface area (Å²) in [6, 6.07) is 0.0237. The van der Waals surface area contributed by atoms with E-state index < -0.39 is 36.2 Å². The molecule has 1 atom stereocenters. The molecule has 0 spiro atoms. The number of ether oxygens (including phenoxy) is 2. The molecule has 2 amide bonds. The molecule has 0 fully saturated rings. The molecule has 0 aliphatic carbocycles. The Labute approximate surface area is 173 Å². The van der Waals surface area contributed by atoms with Gasteiger partial charge in [-0.1, -0.05) is 0 Å². The van der Waals surface area contributed by atoms with Crippen molar-refractivity contribution < 1.29 is 34.1 Å². The average Bonchev–Trinajstić information content (AvgIpc) is 2.59. The van der Waals surface area contributed by atoms with Gasteiger partial charge in [0.25, 0.3) is 0 Å². The molecule has 4 N–H and O–H groups in total. The van der Waals surface area contributed by atoms with Crippen molar-refractivity contribution in [3.8, 4) is 11.5 Å². The zero-order valence-electron chi connectivity index (χ0n) is 16.8. The Bertz CT molecular complexity index is 805. The summed E-state index contributed by atoms with van der Waals surface area (Å²) in [4.78, 5) is 37.1. The van der Waals surface area contributed by atoms with Gasteiger partial charge < -0.3 is 30.3 Å². The first-order valence-corrected chi connectivity index (χ1v) is 10.2. The Balaban J connectivity index is 2.27. The van der Waals surface area contributed by atoms with E-state index in [2.05, 4.69) is 10.6 Å². The fraction of sp³-hybridized carbons (Fsp3) is 0.526. The summed E-state index contributed by atoms with van der Waals surface area (Å²) < 4.78 is 10.4. The zero-order valence-corrected chi connectivity index (χ0v) is 17.6. The van der Waals surface area contributed by atoms with Crippen LogP contribution >= 0.6 is 11.8 Å². The first kappa shape index (κ1) is 22.7. The predicted molar refractivity (Wildman–Crippen MR) is 107 cm³/mol.